The first kappa shape index (κ1) is 15.0. The molecule has 1 aliphatic rings. The largest absolute Gasteiger partial charge is 0.465 e. The van der Waals surface area contributed by atoms with Crippen LogP contribution in [0.3, 0.4) is 0 Å². The third-order valence-corrected chi connectivity index (χ3v) is 2.85. The fourth-order valence-electron chi connectivity index (χ4n) is 1.93. The average molecular weight is 265 g/mol. The second-order valence-electron chi connectivity index (χ2n) is 4.31. The highest BCUT2D eigenvalue weighted by Crippen LogP contribution is 2.17. The molecule has 0 radical (unpaired) electrons. The van der Waals surface area contributed by atoms with Gasteiger partial charge in [0, 0.05) is 12.2 Å². The van der Waals surface area contributed by atoms with Gasteiger partial charge in [-0.1, -0.05) is 12.8 Å². The lowest BCUT2D eigenvalue weighted by molar-refractivity contribution is -0.141. The molecule has 6 heteroatoms. The number of nitrogens with zero attached hydrogens (tertiary/aromatic N) is 1. The molecule has 0 aromatic rings. The van der Waals surface area contributed by atoms with Gasteiger partial charge >= 0.3 is 5.97 Å². The molecule has 1 saturated carbocycles. The first-order valence-electron chi connectivity index (χ1n) is 6.47. The van der Waals surface area contributed by atoms with Crippen molar-refractivity contribution < 1.29 is 14.3 Å². The van der Waals surface area contributed by atoms with Crippen LogP contribution in [0.5, 0.6) is 0 Å². The number of nitrogens with one attached hydrogen (secondary N) is 2. The standard InChI is InChI=1S/C13H19N3O3/c1-2-19-12(17)9-15-8-10(7-14)13(18)16-11-5-3-4-6-11/h8,11,15H,2-6,9H2,1H3,(H,16,18)/b10-8-. The van der Waals surface area contributed by atoms with Gasteiger partial charge < -0.3 is 15.4 Å². The fourth-order valence-corrected chi connectivity index (χ4v) is 1.93. The molecular weight excluding hydrogens is 246 g/mol. The van der Waals surface area contributed by atoms with E-state index in [0.29, 0.717) is 6.61 Å². The number of nitriles is 1. The van der Waals surface area contributed by atoms with Crippen molar-refractivity contribution in [2.45, 2.75) is 38.6 Å². The van der Waals surface area contributed by atoms with Crippen LogP contribution in [0.25, 0.3) is 0 Å². The number of hydrogen-bond acceptors (Lipinski definition) is 5. The van der Waals surface area contributed by atoms with Crippen molar-refractivity contribution in [3.8, 4) is 6.07 Å². The quantitative estimate of drug-likeness (QED) is 0.417. The Labute approximate surface area is 112 Å². The normalized spacial score (nSPS) is 15.7. The number of rotatable bonds is 6. The highest BCUT2D eigenvalue weighted by Gasteiger charge is 2.19. The van der Waals surface area contributed by atoms with E-state index in [-0.39, 0.29) is 18.2 Å². The molecule has 0 saturated heterocycles. The van der Waals surface area contributed by atoms with E-state index >= 15 is 0 Å². The molecule has 0 aromatic heterocycles. The first-order chi connectivity index (χ1) is 9.17. The van der Waals surface area contributed by atoms with Crippen molar-refractivity contribution in [2.24, 2.45) is 0 Å². The summed E-state index contributed by atoms with van der Waals surface area (Å²) in [5, 5.41) is 14.3. The number of amides is 1. The molecule has 19 heavy (non-hydrogen) atoms. The zero-order valence-electron chi connectivity index (χ0n) is 11.1. The summed E-state index contributed by atoms with van der Waals surface area (Å²) in [4.78, 5) is 22.8. The lowest BCUT2D eigenvalue weighted by Crippen LogP contribution is -2.34. The van der Waals surface area contributed by atoms with Gasteiger partial charge in [0.25, 0.3) is 5.91 Å². The summed E-state index contributed by atoms with van der Waals surface area (Å²) in [5.41, 5.74) is -0.0313. The molecule has 0 unspecified atom stereocenters. The zero-order chi connectivity index (χ0) is 14.1. The summed E-state index contributed by atoms with van der Waals surface area (Å²) in [6, 6.07) is 1.98. The number of carbonyl (C=O) groups excluding carboxylic acids is 2. The fraction of sp³-hybridized carbons (Fsp3) is 0.615. The molecule has 0 aromatic carbocycles. The summed E-state index contributed by atoms with van der Waals surface area (Å²) in [7, 11) is 0. The molecule has 1 rings (SSSR count). The maximum Gasteiger partial charge on any atom is 0.325 e. The van der Waals surface area contributed by atoms with Gasteiger partial charge in [-0.05, 0) is 19.8 Å². The molecular formula is C13H19N3O3. The minimum absolute atomic E-state index is 0.0313. The van der Waals surface area contributed by atoms with Crippen LogP contribution in [0.4, 0.5) is 0 Å². The van der Waals surface area contributed by atoms with Crippen molar-refractivity contribution in [3.63, 3.8) is 0 Å². The van der Waals surface area contributed by atoms with Gasteiger partial charge in [-0.3, -0.25) is 9.59 Å². The van der Waals surface area contributed by atoms with E-state index in [1.54, 1.807) is 6.92 Å². The third-order valence-electron chi connectivity index (χ3n) is 2.85. The Kier molecular flexibility index (Phi) is 6.44. The summed E-state index contributed by atoms with van der Waals surface area (Å²) >= 11 is 0. The average Bonchev–Trinajstić information content (AvgIpc) is 2.87. The number of ether oxygens (including phenoxy) is 1. The maximum atomic E-state index is 11.8. The van der Waals surface area contributed by atoms with Gasteiger partial charge in [0.2, 0.25) is 0 Å². The summed E-state index contributed by atoms with van der Waals surface area (Å²) < 4.78 is 4.71. The van der Waals surface area contributed by atoms with Gasteiger partial charge in [0.15, 0.2) is 0 Å². The monoisotopic (exact) mass is 265 g/mol. The van der Waals surface area contributed by atoms with E-state index in [1.807, 2.05) is 6.07 Å². The number of carbonyl (C=O) groups is 2. The molecule has 2 N–H and O–H groups in total. The molecule has 1 amide bonds. The Morgan fingerprint density at radius 3 is 2.68 bits per heavy atom. The first-order valence-corrected chi connectivity index (χ1v) is 6.47. The van der Waals surface area contributed by atoms with Gasteiger partial charge in [-0.25, -0.2) is 0 Å². The van der Waals surface area contributed by atoms with E-state index in [4.69, 9.17) is 10.00 Å². The highest BCUT2D eigenvalue weighted by molar-refractivity contribution is 5.97. The predicted molar refractivity (Wildman–Crippen MR) is 68.7 cm³/mol. The van der Waals surface area contributed by atoms with Crippen molar-refractivity contribution >= 4 is 11.9 Å². The van der Waals surface area contributed by atoms with Crippen molar-refractivity contribution in [1.82, 2.24) is 10.6 Å². The Morgan fingerprint density at radius 1 is 1.42 bits per heavy atom. The number of esters is 1. The van der Waals surface area contributed by atoms with Crippen molar-refractivity contribution in [1.29, 1.82) is 5.26 Å². The summed E-state index contributed by atoms with van der Waals surface area (Å²) in [5.74, 6) is -0.821. The Hall–Kier alpha value is -2.03. The van der Waals surface area contributed by atoms with Crippen LogP contribution in [-0.2, 0) is 14.3 Å². The van der Waals surface area contributed by atoms with E-state index in [9.17, 15) is 9.59 Å². The maximum absolute atomic E-state index is 11.8. The van der Waals surface area contributed by atoms with Crippen LogP contribution in [0.15, 0.2) is 11.8 Å². The zero-order valence-corrected chi connectivity index (χ0v) is 11.1. The van der Waals surface area contributed by atoms with E-state index in [1.165, 1.54) is 6.20 Å². The van der Waals surface area contributed by atoms with Crippen LogP contribution >= 0.6 is 0 Å². The van der Waals surface area contributed by atoms with Gasteiger partial charge in [0.05, 0.1) is 6.61 Å². The van der Waals surface area contributed by atoms with E-state index in [2.05, 4.69) is 10.6 Å². The Morgan fingerprint density at radius 2 is 2.11 bits per heavy atom. The predicted octanol–water partition coefficient (Wildman–Crippen LogP) is 0.605. The van der Waals surface area contributed by atoms with Gasteiger partial charge in [-0.2, -0.15) is 5.26 Å². The Balaban J connectivity index is 2.40. The molecule has 0 atom stereocenters. The smallest absolute Gasteiger partial charge is 0.325 e. The van der Waals surface area contributed by atoms with Crippen molar-refractivity contribution in [2.75, 3.05) is 13.2 Å². The van der Waals surface area contributed by atoms with Crippen LogP contribution < -0.4 is 10.6 Å². The Bertz CT molecular complexity index is 392. The van der Waals surface area contributed by atoms with E-state index in [0.717, 1.165) is 25.7 Å². The third kappa shape index (κ3) is 5.42. The molecule has 6 nitrogen and oxygen atoms in total. The molecule has 0 bridgehead atoms. The second-order valence-corrected chi connectivity index (χ2v) is 4.31. The minimum Gasteiger partial charge on any atom is -0.465 e. The van der Waals surface area contributed by atoms with Crippen molar-refractivity contribution in [3.05, 3.63) is 11.8 Å². The molecule has 1 fully saturated rings. The lowest BCUT2D eigenvalue weighted by Gasteiger charge is -2.11. The highest BCUT2D eigenvalue weighted by atomic mass is 16.5. The second kappa shape index (κ2) is 8.14. The molecule has 0 aliphatic heterocycles. The molecule has 1 aliphatic carbocycles. The van der Waals surface area contributed by atoms with Crippen LogP contribution in [0.2, 0.25) is 0 Å². The van der Waals surface area contributed by atoms with Crippen LogP contribution in [0, 0.1) is 11.3 Å². The molecule has 0 heterocycles. The SMILES string of the molecule is CCOC(=O)CN/C=C(/C#N)C(=O)NC1CCCC1. The minimum atomic E-state index is -0.424. The summed E-state index contributed by atoms with van der Waals surface area (Å²) in [6.45, 7) is 1.96. The van der Waals surface area contributed by atoms with Crippen LogP contribution in [0.1, 0.15) is 32.6 Å². The van der Waals surface area contributed by atoms with Gasteiger partial charge in [0.1, 0.15) is 18.2 Å². The topological polar surface area (TPSA) is 91.2 Å². The lowest BCUT2D eigenvalue weighted by atomic mass is 10.2. The van der Waals surface area contributed by atoms with E-state index < -0.39 is 11.9 Å². The molecule has 0 spiro atoms. The molecule has 104 valence electrons. The van der Waals surface area contributed by atoms with Gasteiger partial charge in [-0.15, -0.1) is 0 Å². The number of hydrogen-bond donors (Lipinski definition) is 2. The van der Waals surface area contributed by atoms with Crippen LogP contribution in [-0.4, -0.2) is 31.1 Å². The summed E-state index contributed by atoms with van der Waals surface area (Å²) in [6.07, 6.45) is 5.39.